The molecule has 0 aliphatic carbocycles. The minimum absolute atomic E-state index is 0.161. The third-order valence-electron chi connectivity index (χ3n) is 3.34. The lowest BCUT2D eigenvalue weighted by molar-refractivity contribution is 0.102. The Bertz CT molecular complexity index is 818. The zero-order valence-electron chi connectivity index (χ0n) is 12.2. The first-order valence-corrected chi connectivity index (χ1v) is 6.74. The van der Waals surface area contributed by atoms with E-state index < -0.39 is 0 Å². The van der Waals surface area contributed by atoms with E-state index in [0.29, 0.717) is 16.9 Å². The van der Waals surface area contributed by atoms with E-state index in [2.05, 4.69) is 15.4 Å². The van der Waals surface area contributed by atoms with Crippen LogP contribution in [0.2, 0.25) is 0 Å². The summed E-state index contributed by atoms with van der Waals surface area (Å²) in [4.78, 5) is 16.7. The highest BCUT2D eigenvalue weighted by Crippen LogP contribution is 2.17. The van der Waals surface area contributed by atoms with E-state index in [0.717, 1.165) is 17.0 Å². The Morgan fingerprint density at radius 2 is 1.86 bits per heavy atom. The largest absolute Gasteiger partial charge is 0.317 e. The highest BCUT2D eigenvalue weighted by atomic mass is 16.1. The Morgan fingerprint density at radius 1 is 1.14 bits per heavy atom. The van der Waals surface area contributed by atoms with Crippen LogP contribution < -0.4 is 5.32 Å². The molecule has 0 spiro atoms. The number of nitrogens with zero attached hydrogens (tertiary/aromatic N) is 3. The first-order chi connectivity index (χ1) is 10.0. The first-order valence-electron chi connectivity index (χ1n) is 6.74. The lowest BCUT2D eigenvalue weighted by Gasteiger charge is -2.05. The van der Waals surface area contributed by atoms with E-state index in [1.807, 2.05) is 39.0 Å². The number of amides is 1. The van der Waals surface area contributed by atoms with E-state index in [4.69, 9.17) is 0 Å². The van der Waals surface area contributed by atoms with Crippen molar-refractivity contribution in [3.8, 4) is 0 Å². The van der Waals surface area contributed by atoms with Gasteiger partial charge >= 0.3 is 0 Å². The maximum atomic E-state index is 12.3. The average Bonchev–Trinajstić information content (AvgIpc) is 2.83. The standard InChI is InChI=1S/C16H16N4O/c1-10-4-6-13(7-5-10)16(21)19-14-9-17-20-12(3)8-11(2)18-15(14)20/h4-9H,1-3H3,(H,19,21). The molecule has 2 heterocycles. The van der Waals surface area contributed by atoms with Gasteiger partial charge in [0.05, 0.1) is 6.20 Å². The maximum absolute atomic E-state index is 12.3. The van der Waals surface area contributed by atoms with Gasteiger partial charge in [-0.1, -0.05) is 17.7 Å². The van der Waals surface area contributed by atoms with Crippen LogP contribution in [0.15, 0.2) is 36.5 Å². The summed E-state index contributed by atoms with van der Waals surface area (Å²) in [6.07, 6.45) is 1.63. The monoisotopic (exact) mass is 280 g/mol. The second-order valence-electron chi connectivity index (χ2n) is 5.15. The van der Waals surface area contributed by atoms with Crippen molar-refractivity contribution in [2.75, 3.05) is 5.32 Å². The Balaban J connectivity index is 1.95. The number of aryl methyl sites for hydroxylation is 3. The molecule has 5 nitrogen and oxygen atoms in total. The van der Waals surface area contributed by atoms with E-state index in [1.165, 1.54) is 0 Å². The molecule has 21 heavy (non-hydrogen) atoms. The number of carbonyl (C=O) groups is 1. The number of hydrogen-bond donors (Lipinski definition) is 1. The quantitative estimate of drug-likeness (QED) is 0.785. The van der Waals surface area contributed by atoms with Gasteiger partial charge < -0.3 is 5.32 Å². The summed E-state index contributed by atoms with van der Waals surface area (Å²) in [5, 5.41) is 7.13. The van der Waals surface area contributed by atoms with Gasteiger partial charge in [-0.05, 0) is 39.0 Å². The first kappa shape index (κ1) is 13.3. The van der Waals surface area contributed by atoms with Gasteiger partial charge in [0.25, 0.3) is 5.91 Å². The van der Waals surface area contributed by atoms with Crippen molar-refractivity contribution in [1.82, 2.24) is 14.6 Å². The molecule has 5 heteroatoms. The molecular formula is C16H16N4O. The fourth-order valence-corrected chi connectivity index (χ4v) is 2.26. The molecule has 0 radical (unpaired) electrons. The van der Waals surface area contributed by atoms with Gasteiger partial charge in [0.15, 0.2) is 5.65 Å². The SMILES string of the molecule is Cc1ccc(C(=O)Nc2cnn3c(C)cc(C)nc23)cc1. The second-order valence-corrected chi connectivity index (χ2v) is 5.15. The molecule has 3 rings (SSSR count). The van der Waals surface area contributed by atoms with Crippen LogP contribution in [0.25, 0.3) is 5.65 Å². The molecule has 106 valence electrons. The molecular weight excluding hydrogens is 264 g/mol. The second kappa shape index (κ2) is 5.01. The molecule has 1 N–H and O–H groups in total. The number of nitrogens with one attached hydrogen (secondary N) is 1. The molecule has 0 fully saturated rings. The van der Waals surface area contributed by atoms with Gasteiger partial charge in [-0.25, -0.2) is 9.50 Å². The lowest BCUT2D eigenvalue weighted by atomic mass is 10.1. The third kappa shape index (κ3) is 2.50. The van der Waals surface area contributed by atoms with Crippen molar-refractivity contribution < 1.29 is 4.79 Å². The molecule has 3 aromatic rings. The number of carbonyl (C=O) groups excluding carboxylic acids is 1. The van der Waals surface area contributed by atoms with Crippen LogP contribution in [0.3, 0.4) is 0 Å². The van der Waals surface area contributed by atoms with Crippen molar-refractivity contribution in [2.45, 2.75) is 20.8 Å². The van der Waals surface area contributed by atoms with Crippen molar-refractivity contribution in [2.24, 2.45) is 0 Å². The third-order valence-corrected chi connectivity index (χ3v) is 3.34. The number of hydrogen-bond acceptors (Lipinski definition) is 3. The van der Waals surface area contributed by atoms with Crippen LogP contribution in [0.5, 0.6) is 0 Å². The van der Waals surface area contributed by atoms with E-state index in [-0.39, 0.29) is 5.91 Å². The Hall–Kier alpha value is -2.69. The summed E-state index contributed by atoms with van der Waals surface area (Å²) in [5.74, 6) is -0.161. The molecule has 0 unspecified atom stereocenters. The van der Waals surface area contributed by atoms with Crippen LogP contribution in [0, 0.1) is 20.8 Å². The molecule has 2 aromatic heterocycles. The van der Waals surface area contributed by atoms with E-state index in [1.54, 1.807) is 22.8 Å². The normalized spacial score (nSPS) is 10.8. The van der Waals surface area contributed by atoms with Crippen molar-refractivity contribution in [3.05, 3.63) is 59.0 Å². The van der Waals surface area contributed by atoms with Crippen LogP contribution in [-0.4, -0.2) is 20.5 Å². The van der Waals surface area contributed by atoms with Crippen molar-refractivity contribution in [1.29, 1.82) is 0 Å². The van der Waals surface area contributed by atoms with E-state index >= 15 is 0 Å². The topological polar surface area (TPSA) is 59.3 Å². The minimum Gasteiger partial charge on any atom is -0.317 e. The zero-order chi connectivity index (χ0) is 15.0. The summed E-state index contributed by atoms with van der Waals surface area (Å²) >= 11 is 0. The Morgan fingerprint density at radius 3 is 2.57 bits per heavy atom. The highest BCUT2D eigenvalue weighted by molar-refractivity contribution is 6.05. The van der Waals surface area contributed by atoms with Gasteiger partial charge in [-0.3, -0.25) is 4.79 Å². The van der Waals surface area contributed by atoms with Gasteiger partial charge in [0.1, 0.15) is 5.69 Å². The number of rotatable bonds is 2. The number of fused-ring (bicyclic) bond motifs is 1. The molecule has 0 aliphatic heterocycles. The van der Waals surface area contributed by atoms with Gasteiger partial charge in [-0.2, -0.15) is 5.10 Å². The molecule has 0 saturated carbocycles. The molecule has 1 amide bonds. The molecule has 0 aliphatic rings. The van der Waals surface area contributed by atoms with Crippen LogP contribution >= 0.6 is 0 Å². The van der Waals surface area contributed by atoms with Crippen molar-refractivity contribution in [3.63, 3.8) is 0 Å². The van der Waals surface area contributed by atoms with Gasteiger partial charge in [0, 0.05) is 17.0 Å². The Labute approximate surface area is 122 Å². The molecule has 0 atom stereocenters. The summed E-state index contributed by atoms with van der Waals surface area (Å²) in [5.41, 5.74) is 4.89. The fourth-order valence-electron chi connectivity index (χ4n) is 2.26. The minimum atomic E-state index is -0.161. The van der Waals surface area contributed by atoms with Crippen LogP contribution in [-0.2, 0) is 0 Å². The van der Waals surface area contributed by atoms with Crippen LogP contribution in [0.1, 0.15) is 27.3 Å². The smallest absolute Gasteiger partial charge is 0.255 e. The number of aromatic nitrogens is 3. The fraction of sp³-hybridized carbons (Fsp3) is 0.188. The van der Waals surface area contributed by atoms with Gasteiger partial charge in [-0.15, -0.1) is 0 Å². The summed E-state index contributed by atoms with van der Waals surface area (Å²) in [6, 6.07) is 9.39. The van der Waals surface area contributed by atoms with Crippen molar-refractivity contribution >= 4 is 17.2 Å². The number of anilines is 1. The van der Waals surface area contributed by atoms with Gasteiger partial charge in [0.2, 0.25) is 0 Å². The predicted molar refractivity (Wildman–Crippen MR) is 81.6 cm³/mol. The molecule has 1 aromatic carbocycles. The summed E-state index contributed by atoms with van der Waals surface area (Å²) < 4.78 is 1.72. The molecule has 0 saturated heterocycles. The summed E-state index contributed by atoms with van der Waals surface area (Å²) in [7, 11) is 0. The van der Waals surface area contributed by atoms with E-state index in [9.17, 15) is 4.79 Å². The lowest BCUT2D eigenvalue weighted by Crippen LogP contribution is -2.12. The summed E-state index contributed by atoms with van der Waals surface area (Å²) in [6.45, 7) is 5.87. The van der Waals surface area contributed by atoms with Crippen LogP contribution in [0.4, 0.5) is 5.69 Å². The maximum Gasteiger partial charge on any atom is 0.255 e. The zero-order valence-corrected chi connectivity index (χ0v) is 12.2. The average molecular weight is 280 g/mol. The molecule has 0 bridgehead atoms. The Kier molecular flexibility index (Phi) is 3.17. The predicted octanol–water partition coefficient (Wildman–Crippen LogP) is 2.91. The highest BCUT2D eigenvalue weighted by Gasteiger charge is 2.12. The number of benzene rings is 1.